The van der Waals surface area contributed by atoms with Gasteiger partial charge in [0, 0.05) is 18.1 Å². The van der Waals surface area contributed by atoms with Gasteiger partial charge < -0.3 is 0 Å². The highest BCUT2D eigenvalue weighted by molar-refractivity contribution is 5.36. The first-order valence-electron chi connectivity index (χ1n) is 7.46. The predicted molar refractivity (Wildman–Crippen MR) is 77.1 cm³/mol. The molecule has 0 radical (unpaired) electrons. The average molecular weight is 261 g/mol. The summed E-state index contributed by atoms with van der Waals surface area (Å²) < 4.78 is 13.9. The highest BCUT2D eigenvalue weighted by atomic mass is 19.1. The minimum Gasteiger partial charge on any atom is -0.288 e. The van der Waals surface area contributed by atoms with E-state index in [4.69, 9.17) is 0 Å². The molecule has 0 bridgehead atoms. The van der Waals surface area contributed by atoms with Gasteiger partial charge in [-0.25, -0.2) is 4.39 Å². The van der Waals surface area contributed by atoms with Crippen molar-refractivity contribution in [3.8, 4) is 0 Å². The van der Waals surface area contributed by atoms with Gasteiger partial charge in [-0.05, 0) is 57.1 Å². The zero-order valence-electron chi connectivity index (χ0n) is 12.2. The molecule has 1 heterocycles. The number of hydrogen-bond donors (Lipinski definition) is 0. The molecule has 1 aliphatic carbocycles. The normalized spacial score (nSPS) is 28.8. The molecular weight excluding hydrogens is 237 g/mol. The lowest BCUT2D eigenvalue weighted by atomic mass is 9.93. The molecule has 19 heavy (non-hydrogen) atoms. The van der Waals surface area contributed by atoms with Crippen LogP contribution in [-0.2, 0) is 0 Å². The summed E-state index contributed by atoms with van der Waals surface area (Å²) >= 11 is 0. The smallest absolute Gasteiger partial charge is 0.115 e. The summed E-state index contributed by atoms with van der Waals surface area (Å²) in [7, 11) is 0. The van der Waals surface area contributed by atoms with Gasteiger partial charge >= 0.3 is 0 Å². The SMILES string of the molecule is CC(C)(C)N1C[C@H](F)C[C@@H]1c1ccccc1C1CC1. The third kappa shape index (κ3) is 2.55. The molecule has 0 unspecified atom stereocenters. The maximum absolute atomic E-state index is 13.9. The van der Waals surface area contributed by atoms with Crippen LogP contribution in [0.2, 0.25) is 0 Å². The maximum Gasteiger partial charge on any atom is 0.115 e. The predicted octanol–water partition coefficient (Wildman–Crippen LogP) is 4.45. The van der Waals surface area contributed by atoms with Gasteiger partial charge in [0.15, 0.2) is 0 Å². The van der Waals surface area contributed by atoms with Crippen LogP contribution in [-0.4, -0.2) is 23.2 Å². The first-order chi connectivity index (χ1) is 8.97. The number of rotatable bonds is 2. The molecule has 0 spiro atoms. The van der Waals surface area contributed by atoms with Crippen molar-refractivity contribution in [3.63, 3.8) is 0 Å². The lowest BCUT2D eigenvalue weighted by molar-refractivity contribution is 0.115. The van der Waals surface area contributed by atoms with Crippen molar-refractivity contribution in [1.82, 2.24) is 4.90 Å². The number of alkyl halides is 1. The Balaban J connectivity index is 1.96. The van der Waals surface area contributed by atoms with E-state index in [1.807, 2.05) is 0 Å². The third-order valence-electron chi connectivity index (χ3n) is 4.48. The highest BCUT2D eigenvalue weighted by Crippen LogP contribution is 2.47. The van der Waals surface area contributed by atoms with E-state index in [1.165, 1.54) is 24.0 Å². The van der Waals surface area contributed by atoms with Gasteiger partial charge in [0.25, 0.3) is 0 Å². The van der Waals surface area contributed by atoms with E-state index in [9.17, 15) is 4.39 Å². The summed E-state index contributed by atoms with van der Waals surface area (Å²) in [6.07, 6.45) is 2.58. The topological polar surface area (TPSA) is 3.24 Å². The number of hydrogen-bond acceptors (Lipinski definition) is 1. The monoisotopic (exact) mass is 261 g/mol. The molecule has 0 N–H and O–H groups in total. The fraction of sp³-hybridized carbons (Fsp3) is 0.647. The zero-order chi connectivity index (χ0) is 13.6. The first kappa shape index (κ1) is 13.1. The second-order valence-electron chi connectivity index (χ2n) is 7.08. The molecule has 2 fully saturated rings. The van der Waals surface area contributed by atoms with Crippen LogP contribution in [0.5, 0.6) is 0 Å². The van der Waals surface area contributed by atoms with E-state index < -0.39 is 6.17 Å². The summed E-state index contributed by atoms with van der Waals surface area (Å²) in [6, 6.07) is 8.95. The number of benzene rings is 1. The summed E-state index contributed by atoms with van der Waals surface area (Å²) in [4.78, 5) is 2.35. The standard InChI is InChI=1S/C17H24FN/c1-17(2,3)19-11-13(18)10-16(19)15-7-5-4-6-14(15)12-8-9-12/h4-7,12-13,16H,8-11H2,1-3H3/t13-,16-/m1/s1. The molecule has 3 rings (SSSR count). The Morgan fingerprint density at radius 2 is 1.74 bits per heavy atom. The molecule has 2 heteroatoms. The van der Waals surface area contributed by atoms with Gasteiger partial charge in [-0.15, -0.1) is 0 Å². The second kappa shape index (κ2) is 4.59. The summed E-state index contributed by atoms with van der Waals surface area (Å²) in [5, 5.41) is 0. The molecule has 1 saturated heterocycles. The molecule has 1 saturated carbocycles. The van der Waals surface area contributed by atoms with Gasteiger partial charge in [-0.3, -0.25) is 4.90 Å². The van der Waals surface area contributed by atoms with E-state index in [1.54, 1.807) is 0 Å². The van der Waals surface area contributed by atoms with E-state index in [0.29, 0.717) is 13.0 Å². The minimum atomic E-state index is -0.684. The fourth-order valence-corrected chi connectivity index (χ4v) is 3.40. The van der Waals surface area contributed by atoms with Crippen molar-refractivity contribution in [2.24, 2.45) is 0 Å². The molecule has 1 nitrogen and oxygen atoms in total. The summed E-state index contributed by atoms with van der Waals surface area (Å²) in [5.74, 6) is 0.733. The minimum absolute atomic E-state index is 0.0299. The van der Waals surface area contributed by atoms with Crippen molar-refractivity contribution >= 4 is 0 Å². The van der Waals surface area contributed by atoms with Gasteiger partial charge in [0.05, 0.1) is 0 Å². The lowest BCUT2D eigenvalue weighted by Crippen LogP contribution is -2.41. The molecule has 1 aromatic rings. The molecule has 1 aliphatic heterocycles. The van der Waals surface area contributed by atoms with Crippen molar-refractivity contribution < 1.29 is 4.39 Å². The number of nitrogens with zero attached hydrogens (tertiary/aromatic N) is 1. The molecule has 1 aromatic carbocycles. The highest BCUT2D eigenvalue weighted by Gasteiger charge is 2.41. The molecule has 2 atom stereocenters. The molecular formula is C17H24FN. The zero-order valence-corrected chi connectivity index (χ0v) is 12.2. The van der Waals surface area contributed by atoms with Crippen LogP contribution in [0.1, 0.15) is 63.1 Å². The van der Waals surface area contributed by atoms with Gasteiger partial charge in [0.2, 0.25) is 0 Å². The van der Waals surface area contributed by atoms with E-state index in [-0.39, 0.29) is 11.6 Å². The van der Waals surface area contributed by atoms with Crippen LogP contribution >= 0.6 is 0 Å². The van der Waals surface area contributed by atoms with Crippen LogP contribution in [0, 0.1) is 0 Å². The summed E-state index contributed by atoms with van der Waals surface area (Å²) in [6.45, 7) is 7.15. The Morgan fingerprint density at radius 3 is 2.32 bits per heavy atom. The quantitative estimate of drug-likeness (QED) is 0.760. The van der Waals surface area contributed by atoms with Crippen LogP contribution < -0.4 is 0 Å². The Bertz CT molecular complexity index is 459. The van der Waals surface area contributed by atoms with Crippen molar-refractivity contribution in [3.05, 3.63) is 35.4 Å². The maximum atomic E-state index is 13.9. The lowest BCUT2D eigenvalue weighted by Gasteiger charge is -2.37. The Morgan fingerprint density at radius 1 is 1.11 bits per heavy atom. The number of halogens is 1. The van der Waals surface area contributed by atoms with Crippen LogP contribution in [0.15, 0.2) is 24.3 Å². The van der Waals surface area contributed by atoms with Gasteiger partial charge in [-0.2, -0.15) is 0 Å². The van der Waals surface area contributed by atoms with Crippen molar-refractivity contribution in [2.45, 2.75) is 63.7 Å². The van der Waals surface area contributed by atoms with Crippen molar-refractivity contribution in [2.75, 3.05) is 6.54 Å². The molecule has 2 aliphatic rings. The molecule has 0 aromatic heterocycles. The summed E-state index contributed by atoms with van der Waals surface area (Å²) in [5.41, 5.74) is 2.87. The van der Waals surface area contributed by atoms with E-state index in [2.05, 4.69) is 49.9 Å². The van der Waals surface area contributed by atoms with Crippen LogP contribution in [0.25, 0.3) is 0 Å². The number of likely N-dealkylation sites (tertiary alicyclic amines) is 1. The average Bonchev–Trinajstić information content (AvgIpc) is 3.11. The third-order valence-corrected chi connectivity index (χ3v) is 4.48. The first-order valence-corrected chi connectivity index (χ1v) is 7.46. The van der Waals surface area contributed by atoms with Crippen LogP contribution in [0.3, 0.4) is 0 Å². The van der Waals surface area contributed by atoms with Crippen LogP contribution in [0.4, 0.5) is 4.39 Å². The molecule has 104 valence electrons. The van der Waals surface area contributed by atoms with Crippen molar-refractivity contribution in [1.29, 1.82) is 0 Å². The Hall–Kier alpha value is -0.890. The van der Waals surface area contributed by atoms with Gasteiger partial charge in [0.1, 0.15) is 6.17 Å². The second-order valence-corrected chi connectivity index (χ2v) is 7.08. The largest absolute Gasteiger partial charge is 0.288 e. The van der Waals surface area contributed by atoms with Gasteiger partial charge in [-0.1, -0.05) is 24.3 Å². The molecule has 0 amide bonds. The van der Waals surface area contributed by atoms with E-state index >= 15 is 0 Å². The Kier molecular flexibility index (Phi) is 3.17. The van der Waals surface area contributed by atoms with E-state index in [0.717, 1.165) is 5.92 Å². The Labute approximate surface area is 115 Å². The fourth-order valence-electron chi connectivity index (χ4n) is 3.40.